The van der Waals surface area contributed by atoms with Gasteiger partial charge in [0, 0.05) is 29.7 Å². The van der Waals surface area contributed by atoms with Crippen molar-refractivity contribution in [1.82, 2.24) is 15.2 Å². The van der Waals surface area contributed by atoms with Crippen molar-refractivity contribution in [3.05, 3.63) is 16.6 Å². The molecule has 1 fully saturated rings. The first-order chi connectivity index (χ1) is 7.23. The Kier molecular flexibility index (Phi) is 3.38. The first kappa shape index (κ1) is 11.0. The summed E-state index contributed by atoms with van der Waals surface area (Å²) >= 11 is 1.72. The lowest BCUT2D eigenvalue weighted by Gasteiger charge is -2.47. The molecule has 0 radical (unpaired) electrons. The van der Waals surface area contributed by atoms with E-state index < -0.39 is 0 Å². The average molecular weight is 225 g/mol. The summed E-state index contributed by atoms with van der Waals surface area (Å²) in [5.41, 5.74) is 2.31. The van der Waals surface area contributed by atoms with Gasteiger partial charge in [0.1, 0.15) is 0 Å². The Hall–Kier alpha value is -0.450. The molecule has 0 saturated heterocycles. The lowest BCUT2D eigenvalue weighted by Crippen LogP contribution is -2.56. The molecule has 84 valence electrons. The zero-order valence-corrected chi connectivity index (χ0v) is 10.3. The van der Waals surface area contributed by atoms with Crippen molar-refractivity contribution < 1.29 is 0 Å². The van der Waals surface area contributed by atoms with E-state index in [1.165, 1.54) is 24.1 Å². The van der Waals surface area contributed by atoms with Gasteiger partial charge in [0.15, 0.2) is 0 Å². The van der Waals surface area contributed by atoms with E-state index in [0.29, 0.717) is 5.54 Å². The van der Waals surface area contributed by atoms with Gasteiger partial charge in [-0.1, -0.05) is 0 Å². The van der Waals surface area contributed by atoms with Crippen LogP contribution in [0.5, 0.6) is 0 Å². The number of aromatic nitrogens is 1. The Morgan fingerprint density at radius 1 is 1.53 bits per heavy atom. The molecule has 2 rings (SSSR count). The second-order valence-electron chi connectivity index (χ2n) is 4.54. The van der Waals surface area contributed by atoms with Crippen LogP contribution in [0, 0.1) is 0 Å². The number of rotatable bonds is 5. The third kappa shape index (κ3) is 2.38. The molecule has 1 aliphatic carbocycles. The summed E-state index contributed by atoms with van der Waals surface area (Å²) in [5, 5.41) is 3.54. The maximum atomic E-state index is 4.07. The standard InChI is InChI=1S/C11H19N3S/c1-14(2)11(4-3-5-11)8-12-6-10-7-13-9-15-10/h7,9,12H,3-6,8H2,1-2H3. The van der Waals surface area contributed by atoms with E-state index in [1.807, 2.05) is 11.7 Å². The number of likely N-dealkylation sites (N-methyl/N-ethyl adjacent to an activating group) is 1. The zero-order valence-electron chi connectivity index (χ0n) is 9.49. The van der Waals surface area contributed by atoms with Gasteiger partial charge in [0.2, 0.25) is 0 Å². The molecule has 0 spiro atoms. The van der Waals surface area contributed by atoms with Crippen LogP contribution in [0.2, 0.25) is 0 Å². The van der Waals surface area contributed by atoms with E-state index in [4.69, 9.17) is 0 Å². The van der Waals surface area contributed by atoms with Gasteiger partial charge in [-0.15, -0.1) is 11.3 Å². The Balaban J connectivity index is 1.77. The van der Waals surface area contributed by atoms with E-state index in [2.05, 4.69) is 29.3 Å². The van der Waals surface area contributed by atoms with Crippen LogP contribution in [-0.2, 0) is 6.54 Å². The van der Waals surface area contributed by atoms with Crippen LogP contribution in [0.25, 0.3) is 0 Å². The Morgan fingerprint density at radius 2 is 2.33 bits per heavy atom. The van der Waals surface area contributed by atoms with Gasteiger partial charge in [0.05, 0.1) is 5.51 Å². The monoisotopic (exact) mass is 225 g/mol. The van der Waals surface area contributed by atoms with Crippen LogP contribution in [0.15, 0.2) is 11.7 Å². The summed E-state index contributed by atoms with van der Waals surface area (Å²) < 4.78 is 0. The molecular formula is C11H19N3S. The highest BCUT2D eigenvalue weighted by atomic mass is 32.1. The average Bonchev–Trinajstić information content (AvgIpc) is 2.61. The fourth-order valence-corrected chi connectivity index (χ4v) is 2.68. The predicted molar refractivity (Wildman–Crippen MR) is 64.1 cm³/mol. The number of hydrogen-bond acceptors (Lipinski definition) is 4. The lowest BCUT2D eigenvalue weighted by atomic mass is 9.75. The molecule has 0 bridgehead atoms. The quantitative estimate of drug-likeness (QED) is 0.827. The van der Waals surface area contributed by atoms with Crippen LogP contribution >= 0.6 is 11.3 Å². The summed E-state index contributed by atoms with van der Waals surface area (Å²) in [5.74, 6) is 0. The molecule has 0 atom stereocenters. The molecule has 0 unspecified atom stereocenters. The zero-order chi connectivity index (χ0) is 10.7. The van der Waals surface area contributed by atoms with Crippen LogP contribution in [0.3, 0.4) is 0 Å². The molecule has 1 aromatic rings. The van der Waals surface area contributed by atoms with Gasteiger partial charge >= 0.3 is 0 Å². The summed E-state index contributed by atoms with van der Waals surface area (Å²) in [7, 11) is 4.38. The van der Waals surface area contributed by atoms with Crippen LogP contribution in [-0.4, -0.2) is 36.1 Å². The normalized spacial score (nSPS) is 19.1. The minimum absolute atomic E-state index is 0.421. The SMILES string of the molecule is CN(C)C1(CNCc2cncs2)CCC1. The molecule has 15 heavy (non-hydrogen) atoms. The fraction of sp³-hybridized carbons (Fsp3) is 0.727. The second kappa shape index (κ2) is 4.60. The van der Waals surface area contributed by atoms with E-state index in [-0.39, 0.29) is 0 Å². The maximum Gasteiger partial charge on any atom is 0.0794 e. The second-order valence-corrected chi connectivity index (χ2v) is 5.51. The molecule has 1 saturated carbocycles. The van der Waals surface area contributed by atoms with Gasteiger partial charge in [-0.2, -0.15) is 0 Å². The molecule has 1 aliphatic rings. The molecule has 4 heteroatoms. The number of nitrogens with one attached hydrogen (secondary N) is 1. The third-order valence-corrected chi connectivity index (χ3v) is 4.25. The topological polar surface area (TPSA) is 28.2 Å². The van der Waals surface area contributed by atoms with Crippen molar-refractivity contribution >= 4 is 11.3 Å². The van der Waals surface area contributed by atoms with Crippen molar-refractivity contribution in [2.24, 2.45) is 0 Å². The number of hydrogen-bond donors (Lipinski definition) is 1. The van der Waals surface area contributed by atoms with Gasteiger partial charge in [0.25, 0.3) is 0 Å². The largest absolute Gasteiger partial charge is 0.310 e. The number of thiazole rings is 1. The highest BCUT2D eigenvalue weighted by molar-refractivity contribution is 7.09. The molecule has 1 aromatic heterocycles. The van der Waals surface area contributed by atoms with Crippen molar-refractivity contribution in [3.63, 3.8) is 0 Å². The minimum atomic E-state index is 0.421. The summed E-state index contributed by atoms with van der Waals surface area (Å²) in [6.07, 6.45) is 5.98. The van der Waals surface area contributed by atoms with Crippen molar-refractivity contribution in [2.75, 3.05) is 20.6 Å². The van der Waals surface area contributed by atoms with Crippen LogP contribution in [0.4, 0.5) is 0 Å². The first-order valence-corrected chi connectivity index (χ1v) is 6.36. The summed E-state index contributed by atoms with van der Waals surface area (Å²) in [6, 6.07) is 0. The van der Waals surface area contributed by atoms with Crippen LogP contribution < -0.4 is 5.32 Å². The first-order valence-electron chi connectivity index (χ1n) is 5.48. The Labute approximate surface area is 95.5 Å². The highest BCUT2D eigenvalue weighted by Crippen LogP contribution is 2.35. The molecule has 1 N–H and O–H groups in total. The minimum Gasteiger partial charge on any atom is -0.310 e. The van der Waals surface area contributed by atoms with Crippen molar-refractivity contribution in [3.8, 4) is 0 Å². The van der Waals surface area contributed by atoms with E-state index in [0.717, 1.165) is 13.1 Å². The lowest BCUT2D eigenvalue weighted by molar-refractivity contribution is 0.0599. The molecule has 3 nitrogen and oxygen atoms in total. The van der Waals surface area contributed by atoms with E-state index >= 15 is 0 Å². The molecule has 0 aromatic carbocycles. The van der Waals surface area contributed by atoms with Crippen molar-refractivity contribution in [1.29, 1.82) is 0 Å². The van der Waals surface area contributed by atoms with Gasteiger partial charge < -0.3 is 10.2 Å². The molecule has 0 aliphatic heterocycles. The molecule has 0 amide bonds. The van der Waals surface area contributed by atoms with E-state index in [1.54, 1.807) is 11.3 Å². The highest BCUT2D eigenvalue weighted by Gasteiger charge is 2.38. The maximum absolute atomic E-state index is 4.07. The Bertz CT molecular complexity index is 291. The fourth-order valence-electron chi connectivity index (χ4n) is 2.11. The molecular weight excluding hydrogens is 206 g/mol. The Morgan fingerprint density at radius 3 is 2.80 bits per heavy atom. The number of nitrogens with zero attached hydrogens (tertiary/aromatic N) is 2. The summed E-state index contributed by atoms with van der Waals surface area (Å²) in [6.45, 7) is 2.05. The van der Waals surface area contributed by atoms with Gasteiger partial charge in [-0.05, 0) is 33.4 Å². The van der Waals surface area contributed by atoms with Gasteiger partial charge in [-0.25, -0.2) is 0 Å². The smallest absolute Gasteiger partial charge is 0.0794 e. The molecule has 1 heterocycles. The van der Waals surface area contributed by atoms with E-state index in [9.17, 15) is 0 Å². The predicted octanol–water partition coefficient (Wildman–Crippen LogP) is 1.72. The third-order valence-electron chi connectivity index (χ3n) is 3.47. The van der Waals surface area contributed by atoms with Crippen molar-refractivity contribution in [2.45, 2.75) is 31.3 Å². The summed E-state index contributed by atoms with van der Waals surface area (Å²) in [4.78, 5) is 7.77. The van der Waals surface area contributed by atoms with Crippen LogP contribution in [0.1, 0.15) is 24.1 Å². The van der Waals surface area contributed by atoms with Gasteiger partial charge in [-0.3, -0.25) is 4.98 Å².